The van der Waals surface area contributed by atoms with E-state index in [1.54, 1.807) is 0 Å². The molecule has 0 radical (unpaired) electrons. The first-order valence-corrected chi connectivity index (χ1v) is 3.82. The monoisotopic (exact) mass is 143 g/mol. The fourth-order valence-corrected chi connectivity index (χ4v) is 1.99. The topological polar surface area (TPSA) is 55.5 Å². The summed E-state index contributed by atoms with van der Waals surface area (Å²) in [6, 6.07) is 0. The predicted octanol–water partition coefficient (Wildman–Crippen LogP) is -0.373. The summed E-state index contributed by atoms with van der Waals surface area (Å²) in [6.45, 7) is 0.341. The molecule has 3 nitrogen and oxygen atoms in total. The zero-order chi connectivity index (χ0) is 7.19. The Hall–Kier alpha value is -0.120. The number of nitrogens with two attached hydrogens (primary N) is 1. The van der Waals surface area contributed by atoms with E-state index in [-0.39, 0.29) is 6.10 Å². The zero-order valence-corrected chi connectivity index (χ0v) is 5.92. The van der Waals surface area contributed by atoms with Crippen molar-refractivity contribution in [3.63, 3.8) is 0 Å². The van der Waals surface area contributed by atoms with E-state index in [9.17, 15) is 5.11 Å². The smallest absolute Gasteiger partial charge is 0.105 e. The molecule has 0 unspecified atom stereocenters. The van der Waals surface area contributed by atoms with E-state index in [1.807, 2.05) is 0 Å². The molecule has 2 bridgehead atoms. The number of hydrogen-bond acceptors (Lipinski definition) is 3. The van der Waals surface area contributed by atoms with Crippen molar-refractivity contribution >= 4 is 0 Å². The van der Waals surface area contributed by atoms with Crippen molar-refractivity contribution in [1.29, 1.82) is 0 Å². The summed E-state index contributed by atoms with van der Waals surface area (Å²) in [5, 5.41) is 9.74. The highest BCUT2D eigenvalue weighted by atomic mass is 16.5. The molecule has 3 atom stereocenters. The van der Waals surface area contributed by atoms with Crippen LogP contribution in [0.5, 0.6) is 0 Å². The van der Waals surface area contributed by atoms with Crippen LogP contribution in [0, 0.1) is 0 Å². The Morgan fingerprint density at radius 3 is 2.70 bits per heavy atom. The number of ether oxygens (including phenoxy) is 1. The molecule has 2 heterocycles. The van der Waals surface area contributed by atoms with Crippen LogP contribution in [0.15, 0.2) is 0 Å². The fourth-order valence-electron chi connectivity index (χ4n) is 1.99. The first-order valence-electron chi connectivity index (χ1n) is 3.82. The molecule has 0 aromatic carbocycles. The van der Waals surface area contributed by atoms with E-state index in [2.05, 4.69) is 0 Å². The average Bonchev–Trinajstić information content (AvgIpc) is 2.46. The number of hydrogen-bond donors (Lipinski definition) is 2. The molecular formula is C7H13NO2. The van der Waals surface area contributed by atoms with Crippen LogP contribution in [0.25, 0.3) is 0 Å². The minimum absolute atomic E-state index is 0.0301. The summed E-state index contributed by atoms with van der Waals surface area (Å²) in [4.78, 5) is 0. The Morgan fingerprint density at radius 2 is 2.40 bits per heavy atom. The third kappa shape index (κ3) is 0.713. The van der Waals surface area contributed by atoms with Gasteiger partial charge in [-0.25, -0.2) is 0 Å². The SMILES string of the molecule is NC[C@@]1(O)C[C@@H]2CC[C@H]1O2. The average molecular weight is 143 g/mol. The Kier molecular flexibility index (Phi) is 1.27. The maximum atomic E-state index is 9.74. The summed E-state index contributed by atoms with van der Waals surface area (Å²) in [5.74, 6) is 0. The van der Waals surface area contributed by atoms with Crippen molar-refractivity contribution in [1.82, 2.24) is 0 Å². The quantitative estimate of drug-likeness (QED) is 0.526. The van der Waals surface area contributed by atoms with Gasteiger partial charge >= 0.3 is 0 Å². The molecule has 2 aliphatic heterocycles. The van der Waals surface area contributed by atoms with Gasteiger partial charge in [0.25, 0.3) is 0 Å². The Bertz CT molecular complexity index is 151. The van der Waals surface area contributed by atoms with Crippen LogP contribution in [-0.2, 0) is 4.74 Å². The van der Waals surface area contributed by atoms with Crippen molar-refractivity contribution in [3.8, 4) is 0 Å². The predicted molar refractivity (Wildman–Crippen MR) is 36.5 cm³/mol. The molecule has 10 heavy (non-hydrogen) atoms. The Morgan fingerprint density at radius 1 is 1.60 bits per heavy atom. The van der Waals surface area contributed by atoms with Crippen LogP contribution in [0.2, 0.25) is 0 Å². The van der Waals surface area contributed by atoms with Crippen LogP contribution in [0.3, 0.4) is 0 Å². The zero-order valence-electron chi connectivity index (χ0n) is 5.92. The lowest BCUT2D eigenvalue weighted by atomic mass is 9.85. The van der Waals surface area contributed by atoms with Crippen molar-refractivity contribution in [2.75, 3.05) is 6.54 Å². The van der Waals surface area contributed by atoms with E-state index < -0.39 is 5.60 Å². The summed E-state index contributed by atoms with van der Waals surface area (Å²) < 4.78 is 5.45. The van der Waals surface area contributed by atoms with Crippen LogP contribution < -0.4 is 5.73 Å². The number of aliphatic hydroxyl groups is 1. The maximum Gasteiger partial charge on any atom is 0.105 e. The summed E-state index contributed by atoms with van der Waals surface area (Å²) in [6.07, 6.45) is 3.15. The third-order valence-corrected chi connectivity index (χ3v) is 2.64. The lowest BCUT2D eigenvalue weighted by Crippen LogP contribution is -2.46. The van der Waals surface area contributed by atoms with Gasteiger partial charge < -0.3 is 15.6 Å². The third-order valence-electron chi connectivity index (χ3n) is 2.64. The number of rotatable bonds is 1. The van der Waals surface area contributed by atoms with Crippen LogP contribution in [-0.4, -0.2) is 29.5 Å². The fraction of sp³-hybridized carbons (Fsp3) is 1.00. The van der Waals surface area contributed by atoms with Gasteiger partial charge in [0.05, 0.1) is 12.2 Å². The highest BCUT2D eigenvalue weighted by molar-refractivity contribution is 5.01. The van der Waals surface area contributed by atoms with E-state index in [0.29, 0.717) is 12.6 Å². The molecule has 0 spiro atoms. The molecule has 3 N–H and O–H groups in total. The van der Waals surface area contributed by atoms with Gasteiger partial charge in [0.1, 0.15) is 5.60 Å². The van der Waals surface area contributed by atoms with Crippen LogP contribution in [0.4, 0.5) is 0 Å². The van der Waals surface area contributed by atoms with Crippen molar-refractivity contribution in [2.24, 2.45) is 5.73 Å². The molecule has 0 aromatic heterocycles. The molecule has 2 aliphatic rings. The minimum Gasteiger partial charge on any atom is -0.386 e. The van der Waals surface area contributed by atoms with Crippen LogP contribution >= 0.6 is 0 Å². The molecular weight excluding hydrogens is 130 g/mol. The van der Waals surface area contributed by atoms with Crippen molar-refractivity contribution in [3.05, 3.63) is 0 Å². The van der Waals surface area contributed by atoms with Gasteiger partial charge in [-0.15, -0.1) is 0 Å². The van der Waals surface area contributed by atoms with Gasteiger partial charge in [0.2, 0.25) is 0 Å². The molecule has 0 amide bonds. The Labute approximate surface area is 60.2 Å². The summed E-state index contributed by atoms with van der Waals surface area (Å²) >= 11 is 0. The minimum atomic E-state index is -0.692. The second-order valence-electron chi connectivity index (χ2n) is 3.34. The first-order chi connectivity index (χ1) is 4.74. The molecule has 0 saturated carbocycles. The lowest BCUT2D eigenvalue weighted by molar-refractivity contribution is -0.0218. The van der Waals surface area contributed by atoms with Gasteiger partial charge in [-0.1, -0.05) is 0 Å². The summed E-state index contributed by atoms with van der Waals surface area (Å²) in [7, 11) is 0. The highest BCUT2D eigenvalue weighted by Crippen LogP contribution is 2.40. The van der Waals surface area contributed by atoms with Crippen molar-refractivity contribution in [2.45, 2.75) is 37.1 Å². The Balaban J connectivity index is 2.14. The largest absolute Gasteiger partial charge is 0.386 e. The second-order valence-corrected chi connectivity index (χ2v) is 3.34. The maximum absolute atomic E-state index is 9.74. The van der Waals surface area contributed by atoms with E-state index >= 15 is 0 Å². The van der Waals surface area contributed by atoms with Gasteiger partial charge in [-0.05, 0) is 12.8 Å². The second kappa shape index (κ2) is 1.94. The molecule has 58 valence electrons. The molecule has 2 rings (SSSR count). The first kappa shape index (κ1) is 6.58. The van der Waals surface area contributed by atoms with E-state index in [0.717, 1.165) is 19.3 Å². The summed E-state index contributed by atoms with van der Waals surface area (Å²) in [5.41, 5.74) is 4.73. The van der Waals surface area contributed by atoms with E-state index in [4.69, 9.17) is 10.5 Å². The molecule has 2 saturated heterocycles. The van der Waals surface area contributed by atoms with Crippen LogP contribution in [0.1, 0.15) is 19.3 Å². The highest BCUT2D eigenvalue weighted by Gasteiger charge is 2.50. The molecule has 3 heteroatoms. The molecule has 0 aliphatic carbocycles. The molecule has 0 aromatic rings. The molecule has 2 fully saturated rings. The number of fused-ring (bicyclic) bond motifs is 2. The van der Waals surface area contributed by atoms with Gasteiger partial charge in [0, 0.05) is 13.0 Å². The standard InChI is InChI=1S/C7H13NO2/c8-4-7(9)3-5-1-2-6(7)10-5/h5-6,9H,1-4,8H2/t5-,6+,7-/m0/s1. The van der Waals surface area contributed by atoms with Gasteiger partial charge in [-0.2, -0.15) is 0 Å². The van der Waals surface area contributed by atoms with Gasteiger partial charge in [-0.3, -0.25) is 0 Å². The van der Waals surface area contributed by atoms with Crippen molar-refractivity contribution < 1.29 is 9.84 Å². The van der Waals surface area contributed by atoms with Gasteiger partial charge in [0.15, 0.2) is 0 Å². The normalized spacial score (nSPS) is 52.2. The lowest BCUT2D eigenvalue weighted by Gasteiger charge is -2.27. The van der Waals surface area contributed by atoms with E-state index in [1.165, 1.54) is 0 Å².